The van der Waals surface area contributed by atoms with Gasteiger partial charge in [-0.15, -0.1) is 0 Å². The van der Waals surface area contributed by atoms with Crippen molar-refractivity contribution < 1.29 is 10.2 Å². The van der Waals surface area contributed by atoms with Gasteiger partial charge in [-0.05, 0) is 18.8 Å². The second-order valence-corrected chi connectivity index (χ2v) is 5.28. The van der Waals surface area contributed by atoms with Crippen molar-refractivity contribution in [2.45, 2.75) is 38.2 Å². The summed E-state index contributed by atoms with van der Waals surface area (Å²) in [6.45, 7) is 3.66. The van der Waals surface area contributed by atoms with Gasteiger partial charge in [-0.2, -0.15) is 0 Å². The standard InChI is InChI=1S/C11H21NO2/c1-9-3-2-4-10(5-9,8-13)11(14)6-12-7-11/h9,12-14H,2-8H2,1H3. The van der Waals surface area contributed by atoms with Crippen LogP contribution in [0, 0.1) is 11.3 Å². The lowest BCUT2D eigenvalue weighted by Crippen LogP contribution is -2.70. The number of rotatable bonds is 2. The molecule has 3 N–H and O–H groups in total. The molecule has 0 radical (unpaired) electrons. The second-order valence-electron chi connectivity index (χ2n) is 5.28. The lowest BCUT2D eigenvalue weighted by atomic mass is 9.59. The number of β-amino-alcohol motifs (C(OH)–C–C–N with tert-alkyl or cyclic N) is 1. The van der Waals surface area contributed by atoms with Crippen molar-refractivity contribution in [3.05, 3.63) is 0 Å². The molecule has 0 aromatic heterocycles. The molecule has 1 aliphatic heterocycles. The van der Waals surface area contributed by atoms with Crippen LogP contribution >= 0.6 is 0 Å². The molecule has 2 rings (SSSR count). The van der Waals surface area contributed by atoms with Gasteiger partial charge in [-0.25, -0.2) is 0 Å². The highest BCUT2D eigenvalue weighted by atomic mass is 16.3. The van der Waals surface area contributed by atoms with E-state index >= 15 is 0 Å². The molecule has 0 aromatic carbocycles. The summed E-state index contributed by atoms with van der Waals surface area (Å²) in [5.41, 5.74) is -0.869. The zero-order valence-electron chi connectivity index (χ0n) is 8.92. The summed E-state index contributed by atoms with van der Waals surface area (Å²) in [7, 11) is 0. The average Bonchev–Trinajstić information content (AvgIpc) is 2.14. The van der Waals surface area contributed by atoms with Crippen molar-refractivity contribution in [2.24, 2.45) is 11.3 Å². The second kappa shape index (κ2) is 3.47. The van der Waals surface area contributed by atoms with E-state index in [1.807, 2.05) is 0 Å². The predicted octanol–water partition coefficient (Wildman–Crippen LogP) is 0.509. The molecular weight excluding hydrogens is 178 g/mol. The first-order chi connectivity index (χ1) is 6.62. The average molecular weight is 199 g/mol. The molecule has 14 heavy (non-hydrogen) atoms. The van der Waals surface area contributed by atoms with Gasteiger partial charge in [0, 0.05) is 18.5 Å². The van der Waals surface area contributed by atoms with E-state index in [0.29, 0.717) is 19.0 Å². The maximum Gasteiger partial charge on any atom is 0.0972 e. The van der Waals surface area contributed by atoms with Gasteiger partial charge in [0.1, 0.15) is 0 Å². The molecule has 1 heterocycles. The Balaban J connectivity index is 2.15. The normalized spacial score (nSPS) is 41.8. The third kappa shape index (κ3) is 1.38. The van der Waals surface area contributed by atoms with Crippen molar-refractivity contribution in [1.29, 1.82) is 0 Å². The highest BCUT2D eigenvalue weighted by Gasteiger charge is 2.54. The minimum atomic E-state index is -0.642. The Bertz CT molecular complexity index is 215. The summed E-state index contributed by atoms with van der Waals surface area (Å²) in [6, 6.07) is 0. The smallest absolute Gasteiger partial charge is 0.0972 e. The van der Waals surface area contributed by atoms with E-state index in [4.69, 9.17) is 0 Å². The summed E-state index contributed by atoms with van der Waals surface area (Å²) >= 11 is 0. The number of hydrogen-bond acceptors (Lipinski definition) is 3. The highest BCUT2D eigenvalue weighted by molar-refractivity contribution is 5.08. The molecule has 82 valence electrons. The Morgan fingerprint density at radius 3 is 2.57 bits per heavy atom. The monoisotopic (exact) mass is 199 g/mol. The van der Waals surface area contributed by atoms with Gasteiger partial charge in [0.05, 0.1) is 12.2 Å². The van der Waals surface area contributed by atoms with Gasteiger partial charge in [-0.3, -0.25) is 0 Å². The van der Waals surface area contributed by atoms with Crippen LogP contribution in [0.25, 0.3) is 0 Å². The van der Waals surface area contributed by atoms with Crippen LogP contribution in [0.1, 0.15) is 32.6 Å². The van der Waals surface area contributed by atoms with Crippen molar-refractivity contribution in [3.8, 4) is 0 Å². The first-order valence-electron chi connectivity index (χ1n) is 5.66. The van der Waals surface area contributed by atoms with Crippen molar-refractivity contribution in [1.82, 2.24) is 5.32 Å². The zero-order valence-corrected chi connectivity index (χ0v) is 8.92. The lowest BCUT2D eigenvalue weighted by Gasteiger charge is -2.55. The van der Waals surface area contributed by atoms with Crippen molar-refractivity contribution in [3.63, 3.8) is 0 Å². The fourth-order valence-corrected chi connectivity index (χ4v) is 3.11. The van der Waals surface area contributed by atoms with Crippen LogP contribution in [0.15, 0.2) is 0 Å². The number of aliphatic hydroxyl groups is 2. The third-order valence-corrected chi connectivity index (χ3v) is 4.22. The zero-order chi connectivity index (χ0) is 10.2. The van der Waals surface area contributed by atoms with Crippen molar-refractivity contribution >= 4 is 0 Å². The van der Waals surface area contributed by atoms with Crippen LogP contribution < -0.4 is 5.32 Å². The van der Waals surface area contributed by atoms with Crippen LogP contribution in [0.4, 0.5) is 0 Å². The molecule has 3 heteroatoms. The number of nitrogens with one attached hydrogen (secondary N) is 1. The Kier molecular flexibility index (Phi) is 2.58. The van der Waals surface area contributed by atoms with Crippen LogP contribution in [-0.2, 0) is 0 Å². The third-order valence-electron chi connectivity index (χ3n) is 4.22. The molecule has 0 amide bonds. The van der Waals surface area contributed by atoms with E-state index in [1.54, 1.807) is 0 Å². The summed E-state index contributed by atoms with van der Waals surface area (Å²) in [4.78, 5) is 0. The molecule has 2 fully saturated rings. The molecule has 1 saturated carbocycles. The SMILES string of the molecule is CC1CCCC(CO)(C2(O)CNC2)C1. The first-order valence-corrected chi connectivity index (χ1v) is 5.66. The van der Waals surface area contributed by atoms with E-state index in [0.717, 1.165) is 19.3 Å². The van der Waals surface area contributed by atoms with Gasteiger partial charge >= 0.3 is 0 Å². The minimum Gasteiger partial charge on any atom is -0.396 e. The Labute approximate surface area is 85.5 Å². The summed E-state index contributed by atoms with van der Waals surface area (Å²) in [6.07, 6.45) is 4.34. The quantitative estimate of drug-likeness (QED) is 0.607. The van der Waals surface area contributed by atoms with E-state index in [2.05, 4.69) is 12.2 Å². The summed E-state index contributed by atoms with van der Waals surface area (Å²) in [5.74, 6) is 0.639. The molecule has 1 saturated heterocycles. The molecular formula is C11H21NO2. The Hall–Kier alpha value is -0.120. The number of aliphatic hydroxyl groups excluding tert-OH is 1. The largest absolute Gasteiger partial charge is 0.396 e. The van der Waals surface area contributed by atoms with Gasteiger partial charge < -0.3 is 15.5 Å². The Morgan fingerprint density at radius 2 is 2.14 bits per heavy atom. The predicted molar refractivity (Wildman–Crippen MR) is 55.0 cm³/mol. The lowest BCUT2D eigenvalue weighted by molar-refractivity contribution is -0.161. The van der Waals surface area contributed by atoms with E-state index in [-0.39, 0.29) is 12.0 Å². The topological polar surface area (TPSA) is 52.5 Å². The maximum absolute atomic E-state index is 10.4. The van der Waals surface area contributed by atoms with E-state index in [9.17, 15) is 10.2 Å². The van der Waals surface area contributed by atoms with E-state index in [1.165, 1.54) is 6.42 Å². The number of hydrogen-bond donors (Lipinski definition) is 3. The van der Waals surface area contributed by atoms with Gasteiger partial charge in [0.15, 0.2) is 0 Å². The molecule has 0 bridgehead atoms. The minimum absolute atomic E-state index is 0.134. The first kappa shape index (κ1) is 10.4. The van der Waals surface area contributed by atoms with Gasteiger partial charge in [0.25, 0.3) is 0 Å². The summed E-state index contributed by atoms with van der Waals surface area (Å²) < 4.78 is 0. The highest BCUT2D eigenvalue weighted by Crippen LogP contribution is 2.48. The fraction of sp³-hybridized carbons (Fsp3) is 1.00. The van der Waals surface area contributed by atoms with Crippen LogP contribution in [0.5, 0.6) is 0 Å². The molecule has 3 nitrogen and oxygen atoms in total. The molecule has 2 unspecified atom stereocenters. The van der Waals surface area contributed by atoms with Gasteiger partial charge in [0.2, 0.25) is 0 Å². The van der Waals surface area contributed by atoms with E-state index < -0.39 is 5.60 Å². The van der Waals surface area contributed by atoms with Crippen LogP contribution in [-0.4, -0.2) is 35.5 Å². The molecule has 2 atom stereocenters. The summed E-state index contributed by atoms with van der Waals surface area (Å²) in [5, 5.41) is 23.1. The molecule has 2 aliphatic rings. The van der Waals surface area contributed by atoms with Gasteiger partial charge in [-0.1, -0.05) is 19.8 Å². The molecule has 1 aliphatic carbocycles. The molecule has 0 spiro atoms. The fourth-order valence-electron chi connectivity index (χ4n) is 3.11. The van der Waals surface area contributed by atoms with Crippen LogP contribution in [0.3, 0.4) is 0 Å². The molecule has 0 aromatic rings. The van der Waals surface area contributed by atoms with Crippen LogP contribution in [0.2, 0.25) is 0 Å². The van der Waals surface area contributed by atoms with Crippen molar-refractivity contribution in [2.75, 3.05) is 19.7 Å². The maximum atomic E-state index is 10.4. The Morgan fingerprint density at radius 1 is 1.43 bits per heavy atom.